The number of nitrogens with zero attached hydrogens (tertiary/aromatic N) is 2. The lowest BCUT2D eigenvalue weighted by atomic mass is 10.2. The molecule has 0 aliphatic rings. The predicted octanol–water partition coefficient (Wildman–Crippen LogP) is 0.681. The lowest BCUT2D eigenvalue weighted by Gasteiger charge is -2.02. The van der Waals surface area contributed by atoms with Gasteiger partial charge in [-0.1, -0.05) is 6.07 Å². The van der Waals surface area contributed by atoms with E-state index in [9.17, 15) is 14.9 Å². The smallest absolute Gasteiger partial charge is 0.332 e. The lowest BCUT2D eigenvalue weighted by molar-refractivity contribution is -0.387. The number of benzene rings is 1. The van der Waals surface area contributed by atoms with E-state index in [0.717, 1.165) is 0 Å². The van der Waals surface area contributed by atoms with Crippen LogP contribution in [0.3, 0.4) is 0 Å². The normalized spacial score (nSPS) is 10.6. The molecule has 1 aromatic rings. The summed E-state index contributed by atoms with van der Waals surface area (Å²) in [5.41, 5.74) is 7.18. The third-order valence-electron chi connectivity index (χ3n) is 1.92. The number of nitro groups is 1. The molecule has 0 spiro atoms. The van der Waals surface area contributed by atoms with Crippen LogP contribution in [0.4, 0.5) is 10.5 Å². The summed E-state index contributed by atoms with van der Waals surface area (Å²) in [7, 11) is 0. The van der Waals surface area contributed by atoms with Crippen LogP contribution in [-0.4, -0.2) is 34.6 Å². The van der Waals surface area contributed by atoms with Gasteiger partial charge < -0.3 is 10.8 Å². The molecule has 1 rings (SSSR count). The van der Waals surface area contributed by atoms with Crippen molar-refractivity contribution in [1.29, 1.82) is 0 Å². The summed E-state index contributed by atoms with van der Waals surface area (Å²) in [4.78, 5) is 21.3. The average molecular weight is 284 g/mol. The Hall–Kier alpha value is -2.13. The molecule has 0 saturated carbocycles. The van der Waals surface area contributed by atoms with E-state index in [-0.39, 0.29) is 12.3 Å². The van der Waals surface area contributed by atoms with Gasteiger partial charge in [0.15, 0.2) is 0 Å². The van der Waals surface area contributed by atoms with Crippen molar-refractivity contribution in [3.05, 3.63) is 33.9 Å². The minimum atomic E-state index is -0.819. The number of nitrogens with two attached hydrogens (primary N) is 1. The van der Waals surface area contributed by atoms with Crippen LogP contribution in [0.25, 0.3) is 0 Å². The highest BCUT2D eigenvalue weighted by Crippen LogP contribution is 2.29. The Morgan fingerprint density at radius 3 is 2.95 bits per heavy atom. The monoisotopic (exact) mass is 284 g/mol. The zero-order valence-electron chi connectivity index (χ0n) is 9.78. The van der Waals surface area contributed by atoms with E-state index in [1.807, 2.05) is 5.43 Å². The molecule has 0 saturated heterocycles. The van der Waals surface area contributed by atoms with E-state index >= 15 is 0 Å². The predicted molar refractivity (Wildman–Crippen MR) is 71.2 cm³/mol. The van der Waals surface area contributed by atoms with Gasteiger partial charge in [0.1, 0.15) is 0 Å². The summed E-state index contributed by atoms with van der Waals surface area (Å²) in [6.07, 6.45) is 1.25. The lowest BCUT2D eigenvalue weighted by Crippen LogP contribution is -2.24. The molecule has 0 unspecified atom stereocenters. The van der Waals surface area contributed by atoms with E-state index in [1.54, 1.807) is 12.1 Å². The van der Waals surface area contributed by atoms with Gasteiger partial charge in [0, 0.05) is 17.4 Å². The number of hydrazone groups is 1. The maximum absolute atomic E-state index is 10.9. The molecule has 8 nitrogen and oxygen atoms in total. The summed E-state index contributed by atoms with van der Waals surface area (Å²) in [5, 5.41) is 23.1. The van der Waals surface area contributed by atoms with E-state index < -0.39 is 11.0 Å². The number of carbonyl (C=O) groups is 1. The fraction of sp³-hybridized carbons (Fsp3) is 0.200. The van der Waals surface area contributed by atoms with Crippen LogP contribution < -0.4 is 11.2 Å². The fourth-order valence-electron chi connectivity index (χ4n) is 1.21. The molecule has 9 heteroatoms. The molecule has 0 fully saturated rings. The van der Waals surface area contributed by atoms with Gasteiger partial charge in [0.25, 0.3) is 5.69 Å². The van der Waals surface area contributed by atoms with Crippen molar-refractivity contribution in [2.75, 3.05) is 12.4 Å². The van der Waals surface area contributed by atoms with Crippen molar-refractivity contribution >= 4 is 29.7 Å². The topological polar surface area (TPSA) is 131 Å². The molecule has 2 amide bonds. The molecule has 0 atom stereocenters. The molecule has 4 N–H and O–H groups in total. The van der Waals surface area contributed by atoms with E-state index in [0.29, 0.717) is 16.2 Å². The summed E-state index contributed by atoms with van der Waals surface area (Å²) in [6, 6.07) is 3.68. The summed E-state index contributed by atoms with van der Waals surface area (Å²) < 4.78 is 0. The van der Waals surface area contributed by atoms with Crippen molar-refractivity contribution in [1.82, 2.24) is 5.43 Å². The van der Waals surface area contributed by atoms with Crippen molar-refractivity contribution < 1.29 is 14.8 Å². The zero-order valence-corrected chi connectivity index (χ0v) is 10.6. The van der Waals surface area contributed by atoms with E-state index in [2.05, 4.69) is 5.10 Å². The van der Waals surface area contributed by atoms with Gasteiger partial charge in [0.2, 0.25) is 0 Å². The Balaban J connectivity index is 2.92. The van der Waals surface area contributed by atoms with Crippen molar-refractivity contribution in [3.63, 3.8) is 0 Å². The first kappa shape index (κ1) is 14.9. The third kappa shape index (κ3) is 4.94. The first-order valence-electron chi connectivity index (χ1n) is 5.15. The molecule has 0 bridgehead atoms. The van der Waals surface area contributed by atoms with E-state index in [1.165, 1.54) is 24.0 Å². The number of amides is 2. The molecular weight excluding hydrogens is 272 g/mol. The Morgan fingerprint density at radius 1 is 1.63 bits per heavy atom. The number of hydrogen-bond acceptors (Lipinski definition) is 6. The van der Waals surface area contributed by atoms with Crippen molar-refractivity contribution in [3.8, 4) is 0 Å². The highest BCUT2D eigenvalue weighted by molar-refractivity contribution is 7.99. The maximum Gasteiger partial charge on any atom is 0.332 e. The Bertz CT molecular complexity index is 506. The van der Waals surface area contributed by atoms with Crippen LogP contribution >= 0.6 is 11.8 Å². The minimum Gasteiger partial charge on any atom is -0.396 e. The number of rotatable bonds is 6. The molecule has 102 valence electrons. The van der Waals surface area contributed by atoms with Gasteiger partial charge in [-0.15, -0.1) is 11.8 Å². The molecule has 19 heavy (non-hydrogen) atoms. The summed E-state index contributed by atoms with van der Waals surface area (Å²) in [5.74, 6) is 0.373. The Morgan fingerprint density at radius 2 is 2.37 bits per heavy atom. The number of carbonyl (C=O) groups excluding carboxylic acids is 1. The zero-order chi connectivity index (χ0) is 14.3. The quantitative estimate of drug-likeness (QED) is 0.306. The second-order valence-electron chi connectivity index (χ2n) is 3.29. The van der Waals surface area contributed by atoms with Gasteiger partial charge >= 0.3 is 6.03 Å². The molecular formula is C10H12N4O4S. The second kappa shape index (κ2) is 7.34. The number of aliphatic hydroxyl groups excluding tert-OH is 1. The summed E-state index contributed by atoms with van der Waals surface area (Å²) in [6.45, 7) is -0.0619. The highest BCUT2D eigenvalue weighted by Gasteiger charge is 2.14. The number of aliphatic hydroxyl groups is 1. The van der Waals surface area contributed by atoms with Crippen LogP contribution in [0.5, 0.6) is 0 Å². The minimum absolute atomic E-state index is 0.0619. The highest BCUT2D eigenvalue weighted by atomic mass is 32.2. The van der Waals surface area contributed by atoms with Crippen LogP contribution in [-0.2, 0) is 0 Å². The first-order chi connectivity index (χ1) is 9.04. The van der Waals surface area contributed by atoms with Crippen LogP contribution in [0.15, 0.2) is 28.2 Å². The number of hydrogen-bond donors (Lipinski definition) is 3. The number of nitrogens with one attached hydrogen (secondary N) is 1. The first-order valence-corrected chi connectivity index (χ1v) is 6.13. The van der Waals surface area contributed by atoms with Crippen molar-refractivity contribution in [2.24, 2.45) is 10.8 Å². The molecule has 0 aromatic heterocycles. The van der Waals surface area contributed by atoms with Crippen LogP contribution in [0.2, 0.25) is 0 Å². The standard InChI is InChI=1S/C10H12N4O4S/c11-10(16)13-12-6-7-1-2-9(19-4-3-15)8(5-7)14(17)18/h1-2,5-6,15H,3-4H2,(H3,11,13,16)/b12-6+. The van der Waals surface area contributed by atoms with Crippen LogP contribution in [0, 0.1) is 10.1 Å². The molecule has 0 heterocycles. The molecule has 0 aliphatic carbocycles. The maximum atomic E-state index is 10.9. The molecule has 1 aromatic carbocycles. The number of nitro benzene ring substituents is 1. The third-order valence-corrected chi connectivity index (χ3v) is 2.96. The summed E-state index contributed by atoms with van der Waals surface area (Å²) >= 11 is 1.19. The van der Waals surface area contributed by atoms with E-state index in [4.69, 9.17) is 10.8 Å². The van der Waals surface area contributed by atoms with Gasteiger partial charge in [-0.25, -0.2) is 10.2 Å². The Kier molecular flexibility index (Phi) is 5.76. The van der Waals surface area contributed by atoms with Crippen molar-refractivity contribution in [2.45, 2.75) is 4.90 Å². The number of thioether (sulfide) groups is 1. The average Bonchev–Trinajstić information content (AvgIpc) is 2.36. The largest absolute Gasteiger partial charge is 0.396 e. The fourth-order valence-corrected chi connectivity index (χ4v) is 1.96. The molecule has 0 radical (unpaired) electrons. The van der Waals surface area contributed by atoms with Gasteiger partial charge in [-0.2, -0.15) is 5.10 Å². The number of urea groups is 1. The second-order valence-corrected chi connectivity index (χ2v) is 4.43. The molecule has 0 aliphatic heterocycles. The van der Waals surface area contributed by atoms with Gasteiger partial charge in [-0.05, 0) is 6.07 Å². The number of primary amides is 1. The van der Waals surface area contributed by atoms with Gasteiger partial charge in [0.05, 0.1) is 22.6 Å². The Labute approximate surface area is 112 Å². The SMILES string of the molecule is NC(=O)N/N=C/c1ccc(SCCO)c([N+](=O)[O-])c1. The van der Waals surface area contributed by atoms with Gasteiger partial charge in [-0.3, -0.25) is 10.1 Å². The van der Waals surface area contributed by atoms with Crippen LogP contribution in [0.1, 0.15) is 5.56 Å².